The molecule has 0 aliphatic carbocycles. The first-order valence-corrected chi connectivity index (χ1v) is 7.93. The Morgan fingerprint density at radius 1 is 1.08 bits per heavy atom. The molecule has 4 nitrogen and oxygen atoms in total. The van der Waals surface area contributed by atoms with Crippen molar-refractivity contribution >= 4 is 11.7 Å². The zero-order chi connectivity index (χ0) is 17.5. The van der Waals surface area contributed by atoms with Crippen LogP contribution in [-0.2, 0) is 9.57 Å². The van der Waals surface area contributed by atoms with E-state index in [2.05, 4.69) is 24.2 Å². The van der Waals surface area contributed by atoms with Gasteiger partial charge in [-0.1, -0.05) is 48.5 Å². The van der Waals surface area contributed by atoms with Crippen molar-refractivity contribution in [2.45, 2.75) is 26.7 Å². The standard InChI is InChI=1S/C20H23NO3/c1-14(2)21-24-13-15(3)18-7-5-6-8-19(18)16-9-11-17(12-10-16)20(22)23-4/h5-12,15H,13H2,1-4H3. The number of carbonyl (C=O) groups is 1. The quantitative estimate of drug-likeness (QED) is 0.441. The first-order valence-electron chi connectivity index (χ1n) is 7.93. The molecule has 0 fully saturated rings. The summed E-state index contributed by atoms with van der Waals surface area (Å²) in [5, 5.41) is 4.00. The van der Waals surface area contributed by atoms with E-state index in [1.54, 1.807) is 12.1 Å². The van der Waals surface area contributed by atoms with E-state index in [1.165, 1.54) is 12.7 Å². The van der Waals surface area contributed by atoms with E-state index in [1.807, 2.05) is 38.1 Å². The Hall–Kier alpha value is -2.62. The molecule has 0 saturated carbocycles. The molecule has 2 rings (SSSR count). The fourth-order valence-corrected chi connectivity index (χ4v) is 2.46. The van der Waals surface area contributed by atoms with Crippen LogP contribution in [0.15, 0.2) is 53.7 Å². The van der Waals surface area contributed by atoms with E-state index >= 15 is 0 Å². The number of rotatable bonds is 6. The van der Waals surface area contributed by atoms with Gasteiger partial charge in [-0.25, -0.2) is 4.79 Å². The smallest absolute Gasteiger partial charge is 0.337 e. The van der Waals surface area contributed by atoms with Crippen molar-refractivity contribution in [1.29, 1.82) is 0 Å². The lowest BCUT2D eigenvalue weighted by atomic mass is 9.91. The summed E-state index contributed by atoms with van der Waals surface area (Å²) in [5.74, 6) is -0.131. The predicted octanol–water partition coefficient (Wildman–Crippen LogP) is 4.66. The molecule has 0 aliphatic heterocycles. The summed E-state index contributed by atoms with van der Waals surface area (Å²) < 4.78 is 4.74. The van der Waals surface area contributed by atoms with Crippen LogP contribution in [0.2, 0.25) is 0 Å². The largest absolute Gasteiger partial charge is 0.465 e. The Morgan fingerprint density at radius 2 is 1.75 bits per heavy atom. The van der Waals surface area contributed by atoms with Crippen molar-refractivity contribution in [2.75, 3.05) is 13.7 Å². The predicted molar refractivity (Wildman–Crippen MR) is 96.4 cm³/mol. The van der Waals surface area contributed by atoms with Crippen LogP contribution >= 0.6 is 0 Å². The van der Waals surface area contributed by atoms with E-state index in [0.717, 1.165) is 16.8 Å². The highest BCUT2D eigenvalue weighted by Crippen LogP contribution is 2.29. The molecular formula is C20H23NO3. The second-order valence-electron chi connectivity index (χ2n) is 5.89. The van der Waals surface area contributed by atoms with E-state index in [0.29, 0.717) is 12.2 Å². The van der Waals surface area contributed by atoms with E-state index in [-0.39, 0.29) is 11.9 Å². The summed E-state index contributed by atoms with van der Waals surface area (Å²) in [7, 11) is 1.38. The lowest BCUT2D eigenvalue weighted by molar-refractivity contribution is 0.0601. The topological polar surface area (TPSA) is 47.9 Å². The molecule has 4 heteroatoms. The Bertz CT molecular complexity index is 716. The SMILES string of the molecule is COC(=O)c1ccc(-c2ccccc2C(C)CON=C(C)C)cc1. The zero-order valence-electron chi connectivity index (χ0n) is 14.6. The van der Waals surface area contributed by atoms with Gasteiger partial charge in [0.1, 0.15) is 6.61 Å². The molecule has 0 heterocycles. The van der Waals surface area contributed by atoms with Gasteiger partial charge in [-0.2, -0.15) is 0 Å². The second-order valence-corrected chi connectivity index (χ2v) is 5.89. The molecule has 1 unspecified atom stereocenters. The number of hydrogen-bond donors (Lipinski definition) is 0. The Balaban J connectivity index is 2.25. The molecule has 0 N–H and O–H groups in total. The highest BCUT2D eigenvalue weighted by atomic mass is 16.6. The highest BCUT2D eigenvalue weighted by molar-refractivity contribution is 5.90. The zero-order valence-corrected chi connectivity index (χ0v) is 14.6. The average molecular weight is 325 g/mol. The first-order chi connectivity index (χ1) is 11.5. The van der Waals surface area contributed by atoms with E-state index < -0.39 is 0 Å². The van der Waals surface area contributed by atoms with Crippen LogP contribution in [0.3, 0.4) is 0 Å². The van der Waals surface area contributed by atoms with E-state index in [4.69, 9.17) is 9.57 Å². The molecule has 0 saturated heterocycles. The van der Waals surface area contributed by atoms with Gasteiger partial charge in [-0.3, -0.25) is 0 Å². The third-order valence-electron chi connectivity index (χ3n) is 3.68. The fraction of sp³-hybridized carbons (Fsp3) is 0.300. The van der Waals surface area contributed by atoms with Crippen LogP contribution in [0.5, 0.6) is 0 Å². The van der Waals surface area contributed by atoms with Crippen molar-refractivity contribution in [2.24, 2.45) is 5.16 Å². The van der Waals surface area contributed by atoms with Gasteiger partial charge in [-0.05, 0) is 42.7 Å². The fourth-order valence-electron chi connectivity index (χ4n) is 2.46. The summed E-state index contributed by atoms with van der Waals surface area (Å²) in [6, 6.07) is 15.6. The molecule has 1 atom stereocenters. The molecule has 0 amide bonds. The van der Waals surface area contributed by atoms with Crippen LogP contribution in [-0.4, -0.2) is 25.4 Å². The number of hydrogen-bond acceptors (Lipinski definition) is 4. The lowest BCUT2D eigenvalue weighted by Gasteiger charge is -2.16. The number of benzene rings is 2. The third kappa shape index (κ3) is 4.44. The Labute approximate surface area is 143 Å². The number of oxime groups is 1. The van der Waals surface area contributed by atoms with Gasteiger partial charge < -0.3 is 9.57 Å². The maximum atomic E-state index is 11.6. The number of methoxy groups -OCH3 is 1. The Kier molecular flexibility index (Phi) is 6.13. The molecular weight excluding hydrogens is 302 g/mol. The minimum absolute atomic E-state index is 0.199. The van der Waals surface area contributed by atoms with Gasteiger partial charge in [0, 0.05) is 5.92 Å². The van der Waals surface area contributed by atoms with Crippen LogP contribution in [0, 0.1) is 0 Å². The number of ether oxygens (including phenoxy) is 1. The van der Waals surface area contributed by atoms with Crippen LogP contribution in [0.25, 0.3) is 11.1 Å². The Morgan fingerprint density at radius 3 is 2.38 bits per heavy atom. The van der Waals surface area contributed by atoms with Crippen molar-refractivity contribution in [3.05, 3.63) is 59.7 Å². The second kappa shape index (κ2) is 8.29. The third-order valence-corrected chi connectivity index (χ3v) is 3.68. The molecule has 126 valence electrons. The van der Waals surface area contributed by atoms with Crippen molar-refractivity contribution < 1.29 is 14.4 Å². The van der Waals surface area contributed by atoms with Crippen molar-refractivity contribution in [3.63, 3.8) is 0 Å². The van der Waals surface area contributed by atoms with Crippen LogP contribution in [0.4, 0.5) is 0 Å². The van der Waals surface area contributed by atoms with Gasteiger partial charge in [0.2, 0.25) is 0 Å². The molecule has 0 aliphatic rings. The number of nitrogens with zero attached hydrogens (tertiary/aromatic N) is 1. The van der Waals surface area contributed by atoms with Crippen LogP contribution in [0.1, 0.15) is 42.6 Å². The van der Waals surface area contributed by atoms with Gasteiger partial charge in [-0.15, -0.1) is 0 Å². The van der Waals surface area contributed by atoms with Gasteiger partial charge in [0.25, 0.3) is 0 Å². The summed E-state index contributed by atoms with van der Waals surface area (Å²) in [6.45, 7) is 6.44. The highest BCUT2D eigenvalue weighted by Gasteiger charge is 2.13. The molecule has 24 heavy (non-hydrogen) atoms. The summed E-state index contributed by atoms with van der Waals surface area (Å²) in [6.07, 6.45) is 0. The lowest BCUT2D eigenvalue weighted by Crippen LogP contribution is -2.04. The monoisotopic (exact) mass is 325 g/mol. The minimum atomic E-state index is -0.329. The summed E-state index contributed by atoms with van der Waals surface area (Å²) in [5.41, 5.74) is 4.81. The van der Waals surface area contributed by atoms with Gasteiger partial charge in [0.15, 0.2) is 0 Å². The number of carbonyl (C=O) groups excluding carboxylic acids is 1. The molecule has 0 bridgehead atoms. The maximum Gasteiger partial charge on any atom is 0.337 e. The molecule has 0 spiro atoms. The molecule has 0 radical (unpaired) electrons. The van der Waals surface area contributed by atoms with Crippen molar-refractivity contribution in [3.8, 4) is 11.1 Å². The van der Waals surface area contributed by atoms with Gasteiger partial charge >= 0.3 is 5.97 Å². The van der Waals surface area contributed by atoms with Crippen molar-refractivity contribution in [1.82, 2.24) is 0 Å². The maximum absolute atomic E-state index is 11.6. The summed E-state index contributed by atoms with van der Waals surface area (Å²) >= 11 is 0. The van der Waals surface area contributed by atoms with Crippen LogP contribution < -0.4 is 0 Å². The van der Waals surface area contributed by atoms with E-state index in [9.17, 15) is 4.79 Å². The molecule has 0 aromatic heterocycles. The number of esters is 1. The minimum Gasteiger partial charge on any atom is -0.465 e. The summed E-state index contributed by atoms with van der Waals surface area (Å²) in [4.78, 5) is 17.0. The molecule has 2 aromatic carbocycles. The van der Waals surface area contributed by atoms with Gasteiger partial charge in [0.05, 0.1) is 18.4 Å². The normalized spacial score (nSPS) is 11.5. The average Bonchev–Trinajstić information content (AvgIpc) is 2.60. The first kappa shape index (κ1) is 17.7. The molecule has 2 aromatic rings.